The average molecular weight is 612 g/mol. The number of pyridine rings is 5. The van der Waals surface area contributed by atoms with E-state index in [4.69, 9.17) is 19.9 Å². The van der Waals surface area contributed by atoms with Crippen LogP contribution in [0.1, 0.15) is 0 Å². The maximum atomic E-state index is 5.25. The first-order valence-corrected chi connectivity index (χ1v) is 16.0. The lowest BCUT2D eigenvalue weighted by molar-refractivity contribution is 1.35. The molecule has 0 radical (unpaired) electrons. The zero-order chi connectivity index (χ0) is 31.6. The van der Waals surface area contributed by atoms with Crippen molar-refractivity contribution in [3.63, 3.8) is 0 Å². The number of hydrogen-bond acceptors (Lipinski definition) is 5. The highest BCUT2D eigenvalue weighted by Crippen LogP contribution is 2.38. The lowest BCUT2D eigenvalue weighted by Crippen LogP contribution is -1.94. The van der Waals surface area contributed by atoms with E-state index in [9.17, 15) is 0 Å². The Morgan fingerprint density at radius 1 is 0.375 bits per heavy atom. The van der Waals surface area contributed by atoms with E-state index >= 15 is 0 Å². The van der Waals surface area contributed by atoms with E-state index in [-0.39, 0.29) is 0 Å². The molecule has 0 unspecified atom stereocenters. The van der Waals surface area contributed by atoms with Gasteiger partial charge in [-0.1, -0.05) is 115 Å². The van der Waals surface area contributed by atoms with Gasteiger partial charge in [-0.3, -0.25) is 9.97 Å². The van der Waals surface area contributed by atoms with Crippen molar-refractivity contribution >= 4 is 65.3 Å². The number of nitrogens with zero attached hydrogens (tertiary/aromatic N) is 5. The van der Waals surface area contributed by atoms with Crippen molar-refractivity contribution in [2.75, 3.05) is 0 Å². The fourth-order valence-electron chi connectivity index (χ4n) is 6.99. The molecule has 5 nitrogen and oxygen atoms in total. The van der Waals surface area contributed by atoms with Gasteiger partial charge in [0.25, 0.3) is 0 Å². The Labute approximate surface area is 275 Å². The molecule has 0 aliphatic carbocycles. The van der Waals surface area contributed by atoms with Crippen LogP contribution in [-0.2, 0) is 0 Å². The summed E-state index contributed by atoms with van der Waals surface area (Å²) in [6, 6.07) is 48.3. The second kappa shape index (κ2) is 10.5. The molecule has 0 atom stereocenters. The fourth-order valence-corrected chi connectivity index (χ4v) is 6.99. The van der Waals surface area contributed by atoms with Crippen LogP contribution >= 0.6 is 0 Å². The smallest absolute Gasteiger partial charge is 0.0972 e. The van der Waals surface area contributed by atoms with E-state index in [0.29, 0.717) is 0 Å². The van der Waals surface area contributed by atoms with Crippen LogP contribution in [-0.4, -0.2) is 24.9 Å². The summed E-state index contributed by atoms with van der Waals surface area (Å²) in [5, 5.41) is 7.58. The molecule has 0 saturated carbocycles. The third kappa shape index (κ3) is 4.15. The summed E-state index contributed by atoms with van der Waals surface area (Å²) in [5.74, 6) is 0. The molecule has 0 saturated heterocycles. The number of rotatable bonds is 3. The molecule has 0 fully saturated rings. The molecule has 222 valence electrons. The van der Waals surface area contributed by atoms with Gasteiger partial charge in [-0.05, 0) is 29.7 Å². The van der Waals surface area contributed by atoms with Crippen molar-refractivity contribution in [3.05, 3.63) is 152 Å². The monoisotopic (exact) mass is 611 g/mol. The molecule has 0 bridgehead atoms. The van der Waals surface area contributed by atoms with Crippen LogP contribution in [0, 0.1) is 0 Å². The van der Waals surface area contributed by atoms with Crippen LogP contribution in [0.25, 0.3) is 99.1 Å². The van der Waals surface area contributed by atoms with Gasteiger partial charge in [-0.2, -0.15) is 0 Å². The molecule has 5 heterocycles. The van der Waals surface area contributed by atoms with Crippen LogP contribution in [0.15, 0.2) is 152 Å². The first-order chi connectivity index (χ1) is 23.8. The molecule has 0 amide bonds. The minimum Gasteiger partial charge on any atom is -0.254 e. The molecule has 0 N–H and O–H groups in total. The maximum Gasteiger partial charge on any atom is 0.0972 e. The number of benzene rings is 5. The zero-order valence-corrected chi connectivity index (χ0v) is 25.7. The average Bonchev–Trinajstić information content (AvgIpc) is 3.17. The van der Waals surface area contributed by atoms with Crippen molar-refractivity contribution in [3.8, 4) is 33.8 Å². The van der Waals surface area contributed by atoms with E-state index in [1.807, 2.05) is 36.7 Å². The van der Waals surface area contributed by atoms with Gasteiger partial charge in [0.05, 0.1) is 50.9 Å². The van der Waals surface area contributed by atoms with Gasteiger partial charge in [-0.25, -0.2) is 15.0 Å². The molecule has 0 aliphatic rings. The first-order valence-electron chi connectivity index (χ1n) is 16.0. The van der Waals surface area contributed by atoms with Crippen molar-refractivity contribution < 1.29 is 0 Å². The largest absolute Gasteiger partial charge is 0.254 e. The summed E-state index contributed by atoms with van der Waals surface area (Å²) in [4.78, 5) is 25.1. The Morgan fingerprint density at radius 2 is 1.02 bits per heavy atom. The van der Waals surface area contributed by atoms with Crippen LogP contribution in [0.2, 0.25) is 0 Å². The van der Waals surface area contributed by atoms with Crippen LogP contribution in [0.3, 0.4) is 0 Å². The molecular weight excluding hydrogens is 587 g/mol. The van der Waals surface area contributed by atoms with Crippen LogP contribution in [0.4, 0.5) is 0 Å². The summed E-state index contributed by atoms with van der Waals surface area (Å²) >= 11 is 0. The van der Waals surface area contributed by atoms with E-state index in [1.54, 1.807) is 0 Å². The minimum absolute atomic E-state index is 0.854. The van der Waals surface area contributed by atoms with Gasteiger partial charge in [-0.15, -0.1) is 0 Å². The van der Waals surface area contributed by atoms with Crippen LogP contribution < -0.4 is 0 Å². The summed E-state index contributed by atoms with van der Waals surface area (Å²) < 4.78 is 0. The summed E-state index contributed by atoms with van der Waals surface area (Å²) in [6.45, 7) is 0. The summed E-state index contributed by atoms with van der Waals surface area (Å²) in [7, 11) is 0. The number of aromatic nitrogens is 5. The van der Waals surface area contributed by atoms with Gasteiger partial charge in [0, 0.05) is 55.2 Å². The second-order valence-corrected chi connectivity index (χ2v) is 12.1. The van der Waals surface area contributed by atoms with E-state index in [2.05, 4.69) is 120 Å². The van der Waals surface area contributed by atoms with Crippen molar-refractivity contribution in [2.24, 2.45) is 0 Å². The van der Waals surface area contributed by atoms with Gasteiger partial charge < -0.3 is 0 Å². The van der Waals surface area contributed by atoms with Gasteiger partial charge in [0.15, 0.2) is 0 Å². The Balaban J connectivity index is 1.14. The van der Waals surface area contributed by atoms with Gasteiger partial charge >= 0.3 is 0 Å². The molecule has 10 aromatic rings. The zero-order valence-electron chi connectivity index (χ0n) is 25.7. The van der Waals surface area contributed by atoms with E-state index in [1.165, 1.54) is 0 Å². The molecule has 10 rings (SSSR count). The SMILES string of the molecule is c1ccc(-c2ccc3ccc4ccc(-c5cccc(-c6nc7cnc8c(ccc9cccnc98)c7c7ccccc67)c5)nc4c3n2)cc1. The summed E-state index contributed by atoms with van der Waals surface area (Å²) in [6.07, 6.45) is 3.71. The Bertz CT molecular complexity index is 2900. The summed E-state index contributed by atoms with van der Waals surface area (Å²) in [5.41, 5.74) is 10.3. The molecule has 48 heavy (non-hydrogen) atoms. The second-order valence-electron chi connectivity index (χ2n) is 12.1. The first kappa shape index (κ1) is 26.6. The molecule has 5 heteroatoms. The Morgan fingerprint density at radius 3 is 1.83 bits per heavy atom. The standard InChI is InChI=1S/C43H25N5/c1-2-8-26(9-3-1)35-21-18-28-15-16-29-19-22-36(47-42(29)41(28)46-35)30-10-6-11-31(24-30)39-33-14-5-4-13-32(33)38-34-20-17-27-12-7-23-44-40(27)43(34)45-25-37(38)48-39/h1-25H. The van der Waals surface area contributed by atoms with Gasteiger partial charge in [0.1, 0.15) is 0 Å². The topological polar surface area (TPSA) is 64.5 Å². The maximum absolute atomic E-state index is 5.25. The molecule has 5 aromatic heterocycles. The molecular formula is C43H25N5. The Hall–Kier alpha value is -6.59. The Kier molecular flexibility index (Phi) is 5.81. The molecule has 0 spiro atoms. The highest BCUT2D eigenvalue weighted by molar-refractivity contribution is 6.23. The van der Waals surface area contributed by atoms with Crippen molar-refractivity contribution in [1.29, 1.82) is 0 Å². The number of fused-ring (bicyclic) bond motifs is 10. The van der Waals surface area contributed by atoms with Gasteiger partial charge in [0.2, 0.25) is 0 Å². The fraction of sp³-hybridized carbons (Fsp3) is 0. The quantitative estimate of drug-likeness (QED) is 0.186. The lowest BCUT2D eigenvalue weighted by Gasteiger charge is -2.13. The predicted molar refractivity (Wildman–Crippen MR) is 197 cm³/mol. The highest BCUT2D eigenvalue weighted by Gasteiger charge is 2.16. The highest BCUT2D eigenvalue weighted by atomic mass is 14.8. The molecule has 0 aliphatic heterocycles. The van der Waals surface area contributed by atoms with Crippen molar-refractivity contribution in [1.82, 2.24) is 24.9 Å². The molecule has 5 aromatic carbocycles. The normalized spacial score (nSPS) is 11.8. The predicted octanol–water partition coefficient (Wildman–Crippen LogP) is 10.6. The lowest BCUT2D eigenvalue weighted by atomic mass is 9.96. The van der Waals surface area contributed by atoms with E-state index in [0.717, 1.165) is 99.1 Å². The van der Waals surface area contributed by atoms with E-state index < -0.39 is 0 Å². The third-order valence-electron chi connectivity index (χ3n) is 9.29. The van der Waals surface area contributed by atoms with Crippen molar-refractivity contribution in [2.45, 2.75) is 0 Å². The minimum atomic E-state index is 0.854. The number of hydrogen-bond donors (Lipinski definition) is 0. The van der Waals surface area contributed by atoms with Crippen LogP contribution in [0.5, 0.6) is 0 Å². The third-order valence-corrected chi connectivity index (χ3v) is 9.29.